The van der Waals surface area contributed by atoms with Crippen LogP contribution in [0.15, 0.2) is 33.8 Å². The van der Waals surface area contributed by atoms with Gasteiger partial charge >= 0.3 is 0 Å². The fourth-order valence-corrected chi connectivity index (χ4v) is 2.86. The summed E-state index contributed by atoms with van der Waals surface area (Å²) in [5, 5.41) is 10.8. The summed E-state index contributed by atoms with van der Waals surface area (Å²) >= 11 is 0. The summed E-state index contributed by atoms with van der Waals surface area (Å²) in [6, 6.07) is 8.38. The van der Waals surface area contributed by atoms with Crippen LogP contribution in [-0.4, -0.2) is 30.8 Å². The predicted octanol–water partition coefficient (Wildman–Crippen LogP) is 4.19. The summed E-state index contributed by atoms with van der Waals surface area (Å²) in [5.74, 6) is 3.11. The van der Waals surface area contributed by atoms with Gasteiger partial charge in [0.25, 0.3) is 0 Å². The van der Waals surface area contributed by atoms with Crippen LogP contribution in [0.2, 0.25) is 0 Å². The second kappa shape index (κ2) is 10.7. The molecule has 0 aliphatic heterocycles. The number of ether oxygens (including phenoxy) is 1. The maximum atomic E-state index is 5.76. The van der Waals surface area contributed by atoms with E-state index in [1.807, 2.05) is 26.0 Å². The summed E-state index contributed by atoms with van der Waals surface area (Å²) in [7, 11) is 0. The Morgan fingerprint density at radius 2 is 1.89 bits per heavy atom. The molecule has 0 saturated carbocycles. The molecule has 0 amide bonds. The Labute approximate surface area is 168 Å². The van der Waals surface area contributed by atoms with E-state index in [9.17, 15) is 0 Å². The molecule has 154 valence electrons. The van der Waals surface area contributed by atoms with Crippen LogP contribution in [0.1, 0.15) is 56.3 Å². The quantitative estimate of drug-likeness (QED) is 0.499. The molecule has 0 bridgehead atoms. The van der Waals surface area contributed by atoms with Gasteiger partial charge in [-0.2, -0.15) is 0 Å². The van der Waals surface area contributed by atoms with E-state index in [1.54, 1.807) is 0 Å². The van der Waals surface area contributed by atoms with Crippen molar-refractivity contribution in [3.05, 3.63) is 46.8 Å². The highest BCUT2D eigenvalue weighted by Crippen LogP contribution is 2.18. The normalized spacial score (nSPS) is 12.9. The van der Waals surface area contributed by atoms with Gasteiger partial charge in [0.2, 0.25) is 0 Å². The highest BCUT2D eigenvalue weighted by molar-refractivity contribution is 5.80. The Hall–Kier alpha value is -2.50. The lowest BCUT2D eigenvalue weighted by Gasteiger charge is -2.18. The van der Waals surface area contributed by atoms with Crippen molar-refractivity contribution in [3.8, 4) is 5.75 Å². The first kappa shape index (κ1) is 21.8. The van der Waals surface area contributed by atoms with Crippen LogP contribution in [0.3, 0.4) is 0 Å². The van der Waals surface area contributed by atoms with Crippen molar-refractivity contribution in [3.63, 3.8) is 0 Å². The van der Waals surface area contributed by atoms with E-state index < -0.39 is 0 Å². The maximum absolute atomic E-state index is 5.76. The van der Waals surface area contributed by atoms with Gasteiger partial charge in [-0.3, -0.25) is 4.99 Å². The molecule has 2 aromatic rings. The second-order valence-corrected chi connectivity index (χ2v) is 7.45. The van der Waals surface area contributed by atoms with Gasteiger partial charge in [0.1, 0.15) is 11.5 Å². The number of nitrogens with zero attached hydrogens (tertiary/aromatic N) is 2. The molecule has 1 unspecified atom stereocenters. The summed E-state index contributed by atoms with van der Waals surface area (Å²) in [6.45, 7) is 14.6. The summed E-state index contributed by atoms with van der Waals surface area (Å²) in [5.41, 5.74) is 3.27. The van der Waals surface area contributed by atoms with Gasteiger partial charge < -0.3 is 19.9 Å². The van der Waals surface area contributed by atoms with Crippen molar-refractivity contribution in [1.29, 1.82) is 0 Å². The number of nitrogens with one attached hydrogen (secondary N) is 2. The average molecular weight is 387 g/mol. The van der Waals surface area contributed by atoms with Gasteiger partial charge in [-0.25, -0.2) is 0 Å². The first-order valence-corrected chi connectivity index (χ1v) is 10.1. The molecule has 1 atom stereocenters. The molecule has 0 aliphatic rings. The maximum Gasteiger partial charge on any atom is 0.191 e. The third kappa shape index (κ3) is 6.59. The molecule has 0 saturated heterocycles. The fraction of sp³-hybridized carbons (Fsp3) is 0.545. The lowest BCUT2D eigenvalue weighted by atomic mass is 10.1. The van der Waals surface area contributed by atoms with Gasteiger partial charge in [0, 0.05) is 18.7 Å². The van der Waals surface area contributed by atoms with Crippen LogP contribution in [0.4, 0.5) is 0 Å². The van der Waals surface area contributed by atoms with E-state index in [4.69, 9.17) is 14.3 Å². The van der Waals surface area contributed by atoms with Gasteiger partial charge in [0.15, 0.2) is 5.96 Å². The minimum atomic E-state index is 0.135. The minimum absolute atomic E-state index is 0.135. The SMILES string of the molecule is CCNC(=NCCc1c(C)noc1C)NC(C)c1ccc(OCC(C)C)cc1. The first-order valence-electron chi connectivity index (χ1n) is 10.1. The molecule has 0 spiro atoms. The van der Waals surface area contributed by atoms with E-state index in [-0.39, 0.29) is 6.04 Å². The van der Waals surface area contributed by atoms with Crippen molar-refractivity contribution in [2.45, 2.75) is 54.0 Å². The van der Waals surface area contributed by atoms with Crippen LogP contribution in [-0.2, 0) is 6.42 Å². The van der Waals surface area contributed by atoms with Crippen molar-refractivity contribution in [2.75, 3.05) is 19.7 Å². The number of hydrogen-bond donors (Lipinski definition) is 2. The molecule has 2 rings (SSSR count). The number of benzene rings is 1. The van der Waals surface area contributed by atoms with E-state index in [0.717, 1.165) is 48.3 Å². The van der Waals surface area contributed by atoms with Crippen molar-refractivity contribution >= 4 is 5.96 Å². The molecule has 1 aromatic heterocycles. The minimum Gasteiger partial charge on any atom is -0.493 e. The molecule has 1 heterocycles. The molecule has 0 aliphatic carbocycles. The summed E-state index contributed by atoms with van der Waals surface area (Å²) in [6.07, 6.45) is 0.814. The number of aryl methyl sites for hydroxylation is 2. The predicted molar refractivity (Wildman–Crippen MR) is 114 cm³/mol. The molecule has 28 heavy (non-hydrogen) atoms. The van der Waals surface area contributed by atoms with Gasteiger partial charge in [-0.05, 0) is 57.7 Å². The zero-order valence-electron chi connectivity index (χ0n) is 18.0. The summed E-state index contributed by atoms with van der Waals surface area (Å²) < 4.78 is 11.0. The zero-order valence-corrected chi connectivity index (χ0v) is 18.0. The van der Waals surface area contributed by atoms with E-state index >= 15 is 0 Å². The number of guanidine groups is 1. The fourth-order valence-electron chi connectivity index (χ4n) is 2.86. The average Bonchev–Trinajstić information content (AvgIpc) is 2.98. The molecular weight excluding hydrogens is 352 g/mol. The van der Waals surface area contributed by atoms with E-state index in [1.165, 1.54) is 5.56 Å². The van der Waals surface area contributed by atoms with Crippen molar-refractivity contribution in [1.82, 2.24) is 15.8 Å². The monoisotopic (exact) mass is 386 g/mol. The van der Waals surface area contributed by atoms with Crippen LogP contribution in [0.25, 0.3) is 0 Å². The Morgan fingerprint density at radius 1 is 1.18 bits per heavy atom. The Bertz CT molecular complexity index is 731. The topological polar surface area (TPSA) is 71.7 Å². The number of rotatable bonds is 9. The molecule has 2 N–H and O–H groups in total. The third-order valence-electron chi connectivity index (χ3n) is 4.47. The van der Waals surface area contributed by atoms with Gasteiger partial charge in [-0.1, -0.05) is 31.1 Å². The molecule has 6 heteroatoms. The Kier molecular flexibility index (Phi) is 8.36. The zero-order chi connectivity index (χ0) is 20.5. The number of aromatic nitrogens is 1. The smallest absolute Gasteiger partial charge is 0.191 e. The highest BCUT2D eigenvalue weighted by atomic mass is 16.5. The van der Waals surface area contributed by atoms with Crippen LogP contribution in [0.5, 0.6) is 5.75 Å². The molecule has 0 radical (unpaired) electrons. The van der Waals surface area contributed by atoms with Crippen LogP contribution in [0, 0.1) is 19.8 Å². The van der Waals surface area contributed by atoms with E-state index in [0.29, 0.717) is 12.5 Å². The molecule has 1 aromatic carbocycles. The molecule has 0 fully saturated rings. The standard InChI is InChI=1S/C22H34N4O2/c1-7-23-22(24-13-12-21-17(5)26-28-18(21)6)25-16(4)19-8-10-20(11-9-19)27-14-15(2)3/h8-11,15-16H,7,12-14H2,1-6H3,(H2,23,24,25). The largest absolute Gasteiger partial charge is 0.493 e. The summed E-state index contributed by atoms with van der Waals surface area (Å²) in [4.78, 5) is 4.70. The van der Waals surface area contributed by atoms with Crippen LogP contribution >= 0.6 is 0 Å². The lowest BCUT2D eigenvalue weighted by molar-refractivity contribution is 0.271. The third-order valence-corrected chi connectivity index (χ3v) is 4.47. The van der Waals surface area contributed by atoms with Crippen LogP contribution < -0.4 is 15.4 Å². The Balaban J connectivity index is 1.94. The second-order valence-electron chi connectivity index (χ2n) is 7.45. The number of hydrogen-bond acceptors (Lipinski definition) is 4. The first-order chi connectivity index (χ1) is 13.4. The Morgan fingerprint density at radius 3 is 2.46 bits per heavy atom. The van der Waals surface area contributed by atoms with Gasteiger partial charge in [0.05, 0.1) is 18.3 Å². The number of aliphatic imine (C=N–C) groups is 1. The molecular formula is C22H34N4O2. The lowest BCUT2D eigenvalue weighted by Crippen LogP contribution is -2.38. The van der Waals surface area contributed by atoms with Gasteiger partial charge in [-0.15, -0.1) is 0 Å². The van der Waals surface area contributed by atoms with Crippen molar-refractivity contribution < 1.29 is 9.26 Å². The van der Waals surface area contributed by atoms with E-state index in [2.05, 4.69) is 55.6 Å². The molecule has 6 nitrogen and oxygen atoms in total. The van der Waals surface area contributed by atoms with Crippen molar-refractivity contribution in [2.24, 2.45) is 10.9 Å². The highest BCUT2D eigenvalue weighted by Gasteiger charge is 2.10.